The third-order valence-electron chi connectivity index (χ3n) is 4.15. The fourth-order valence-corrected chi connectivity index (χ4v) is 2.72. The Bertz CT molecular complexity index is 1060. The van der Waals surface area contributed by atoms with E-state index in [2.05, 4.69) is 10.4 Å². The van der Waals surface area contributed by atoms with E-state index in [-0.39, 0.29) is 5.69 Å². The Morgan fingerprint density at radius 1 is 1.03 bits per heavy atom. The van der Waals surface area contributed by atoms with E-state index in [1.165, 1.54) is 44.6 Å². The molecule has 9 heteroatoms. The molecule has 1 amide bonds. The molecule has 0 aliphatic heterocycles. The van der Waals surface area contributed by atoms with Gasteiger partial charge in [-0.2, -0.15) is 18.3 Å². The second-order valence-corrected chi connectivity index (χ2v) is 6.11. The number of hydrogen-bond donors (Lipinski definition) is 1. The zero-order valence-electron chi connectivity index (χ0n) is 16.1. The molecule has 0 atom stereocenters. The Labute approximate surface area is 170 Å². The van der Waals surface area contributed by atoms with Crippen LogP contribution in [0.2, 0.25) is 0 Å². The maximum atomic E-state index is 13.0. The highest BCUT2D eigenvalue weighted by Gasteiger charge is 2.35. The summed E-state index contributed by atoms with van der Waals surface area (Å²) in [5, 5.41) is 6.36. The van der Waals surface area contributed by atoms with Gasteiger partial charge in [0.25, 0.3) is 0 Å². The van der Waals surface area contributed by atoms with Crippen molar-refractivity contribution >= 4 is 17.7 Å². The number of nitrogens with one attached hydrogen (secondary N) is 1. The molecule has 3 aromatic rings. The quantitative estimate of drug-likeness (QED) is 0.597. The Balaban J connectivity index is 1.68. The van der Waals surface area contributed by atoms with Crippen molar-refractivity contribution in [3.63, 3.8) is 0 Å². The van der Waals surface area contributed by atoms with Crippen LogP contribution in [0.5, 0.6) is 11.5 Å². The average Bonchev–Trinajstić information content (AvgIpc) is 3.23. The molecule has 0 radical (unpaired) electrons. The van der Waals surface area contributed by atoms with Crippen LogP contribution in [0.4, 0.5) is 18.9 Å². The Morgan fingerprint density at radius 2 is 1.73 bits per heavy atom. The number of hydrogen-bond acceptors (Lipinski definition) is 4. The summed E-state index contributed by atoms with van der Waals surface area (Å²) in [6, 6.07) is 12.0. The van der Waals surface area contributed by atoms with Gasteiger partial charge in [-0.15, -0.1) is 0 Å². The predicted octanol–water partition coefficient (Wildman–Crippen LogP) is 4.56. The molecule has 1 heterocycles. The number of ether oxygens (including phenoxy) is 2. The first-order chi connectivity index (χ1) is 14.3. The van der Waals surface area contributed by atoms with Gasteiger partial charge in [-0.1, -0.05) is 6.07 Å². The van der Waals surface area contributed by atoms with Crippen molar-refractivity contribution in [2.45, 2.75) is 6.18 Å². The summed E-state index contributed by atoms with van der Waals surface area (Å²) in [4.78, 5) is 12.1. The van der Waals surface area contributed by atoms with E-state index in [1.54, 1.807) is 24.3 Å². The summed E-state index contributed by atoms with van der Waals surface area (Å²) in [5.74, 6) is 0.713. The van der Waals surface area contributed by atoms with Crippen molar-refractivity contribution in [3.8, 4) is 17.2 Å². The van der Waals surface area contributed by atoms with Crippen LogP contribution in [0.15, 0.2) is 60.8 Å². The summed E-state index contributed by atoms with van der Waals surface area (Å²) in [6.45, 7) is 0. The number of aromatic nitrogens is 2. The largest absolute Gasteiger partial charge is 0.493 e. The van der Waals surface area contributed by atoms with Crippen molar-refractivity contribution < 1.29 is 27.4 Å². The number of carbonyl (C=O) groups is 1. The molecule has 30 heavy (non-hydrogen) atoms. The predicted molar refractivity (Wildman–Crippen MR) is 106 cm³/mol. The van der Waals surface area contributed by atoms with Crippen LogP contribution in [0.1, 0.15) is 11.3 Å². The molecule has 1 N–H and O–H groups in total. The monoisotopic (exact) mass is 417 g/mol. The Kier molecular flexibility index (Phi) is 6.10. The van der Waals surface area contributed by atoms with E-state index < -0.39 is 17.8 Å². The normalized spacial score (nSPS) is 11.5. The third kappa shape index (κ3) is 4.80. The number of halogens is 3. The van der Waals surface area contributed by atoms with E-state index in [4.69, 9.17) is 9.47 Å². The first-order valence-corrected chi connectivity index (χ1v) is 8.74. The van der Waals surface area contributed by atoms with Gasteiger partial charge in [-0.3, -0.25) is 4.79 Å². The van der Waals surface area contributed by atoms with Crippen LogP contribution < -0.4 is 14.8 Å². The molecule has 0 saturated carbocycles. The van der Waals surface area contributed by atoms with Gasteiger partial charge in [-0.25, -0.2) is 4.68 Å². The summed E-state index contributed by atoms with van der Waals surface area (Å²) in [5.41, 5.74) is 0.515. The maximum Gasteiger partial charge on any atom is 0.433 e. The lowest BCUT2D eigenvalue weighted by molar-refractivity contribution is -0.142. The fraction of sp³-hybridized carbons (Fsp3) is 0.143. The maximum absolute atomic E-state index is 13.0. The molecule has 156 valence electrons. The van der Waals surface area contributed by atoms with Crippen molar-refractivity contribution in [1.29, 1.82) is 0 Å². The summed E-state index contributed by atoms with van der Waals surface area (Å²) in [6.07, 6.45) is -0.495. The van der Waals surface area contributed by atoms with Gasteiger partial charge in [0, 0.05) is 11.8 Å². The van der Waals surface area contributed by atoms with E-state index in [9.17, 15) is 18.0 Å². The number of methoxy groups -OCH3 is 2. The molecule has 0 unspecified atom stereocenters. The lowest BCUT2D eigenvalue weighted by Gasteiger charge is -2.11. The van der Waals surface area contributed by atoms with Crippen LogP contribution in [-0.4, -0.2) is 29.9 Å². The van der Waals surface area contributed by atoms with Gasteiger partial charge >= 0.3 is 6.18 Å². The van der Waals surface area contributed by atoms with Crippen LogP contribution in [0.25, 0.3) is 11.8 Å². The number of carbonyl (C=O) groups excluding carboxylic acids is 1. The summed E-state index contributed by atoms with van der Waals surface area (Å²) < 4.78 is 50.1. The highest BCUT2D eigenvalue weighted by molar-refractivity contribution is 6.02. The molecule has 1 aromatic heterocycles. The van der Waals surface area contributed by atoms with E-state index in [0.29, 0.717) is 17.2 Å². The van der Waals surface area contributed by atoms with Crippen LogP contribution in [0.3, 0.4) is 0 Å². The van der Waals surface area contributed by atoms with Crippen molar-refractivity contribution in [2.24, 2.45) is 0 Å². The topological polar surface area (TPSA) is 65.4 Å². The molecule has 0 saturated heterocycles. The second kappa shape index (κ2) is 8.73. The zero-order valence-corrected chi connectivity index (χ0v) is 16.1. The molecular formula is C21H18F3N3O3. The Morgan fingerprint density at radius 3 is 2.37 bits per heavy atom. The highest BCUT2D eigenvalue weighted by atomic mass is 19.4. The minimum absolute atomic E-state index is 0.228. The second-order valence-electron chi connectivity index (χ2n) is 6.11. The summed E-state index contributed by atoms with van der Waals surface area (Å²) in [7, 11) is 3.05. The SMILES string of the molecule is COc1ccc(C=CC(=O)Nc2ccc(-n3nccc3C(F)(F)F)cc2)cc1OC. The molecule has 0 fully saturated rings. The minimum Gasteiger partial charge on any atom is -0.493 e. The van der Waals surface area contributed by atoms with Gasteiger partial charge < -0.3 is 14.8 Å². The first kappa shape index (κ1) is 21.0. The lowest BCUT2D eigenvalue weighted by Crippen LogP contribution is -2.13. The third-order valence-corrected chi connectivity index (χ3v) is 4.15. The van der Waals surface area contributed by atoms with Crippen molar-refractivity contribution in [1.82, 2.24) is 9.78 Å². The molecular weight excluding hydrogens is 399 g/mol. The van der Waals surface area contributed by atoms with Crippen LogP contribution in [-0.2, 0) is 11.0 Å². The fourth-order valence-electron chi connectivity index (χ4n) is 2.72. The lowest BCUT2D eigenvalue weighted by atomic mass is 10.2. The molecule has 0 spiro atoms. The summed E-state index contributed by atoms with van der Waals surface area (Å²) >= 11 is 0. The molecule has 0 bridgehead atoms. The first-order valence-electron chi connectivity index (χ1n) is 8.74. The van der Waals surface area contributed by atoms with Gasteiger partial charge in [0.2, 0.25) is 5.91 Å². The number of nitrogens with zero attached hydrogens (tertiary/aromatic N) is 2. The van der Waals surface area contributed by atoms with E-state index in [1.807, 2.05) is 0 Å². The van der Waals surface area contributed by atoms with Crippen LogP contribution in [0, 0.1) is 0 Å². The van der Waals surface area contributed by atoms with E-state index >= 15 is 0 Å². The number of benzene rings is 2. The standard InChI is InChI=1S/C21H18F3N3O3/c1-29-17-9-3-14(13-18(17)30-2)4-10-20(28)26-15-5-7-16(8-6-15)27-19(11-12-25-27)21(22,23)24/h3-13H,1-2H3,(H,26,28). The Hall–Kier alpha value is -3.75. The van der Waals surface area contributed by atoms with Gasteiger partial charge in [0.15, 0.2) is 11.5 Å². The molecule has 6 nitrogen and oxygen atoms in total. The van der Waals surface area contributed by atoms with Gasteiger partial charge in [0.1, 0.15) is 5.69 Å². The number of amides is 1. The smallest absolute Gasteiger partial charge is 0.433 e. The molecule has 2 aromatic carbocycles. The van der Waals surface area contributed by atoms with Gasteiger partial charge in [-0.05, 0) is 54.1 Å². The van der Waals surface area contributed by atoms with Crippen molar-refractivity contribution in [2.75, 3.05) is 19.5 Å². The molecule has 0 aliphatic rings. The number of rotatable bonds is 6. The number of anilines is 1. The van der Waals surface area contributed by atoms with Crippen molar-refractivity contribution in [3.05, 3.63) is 72.1 Å². The molecule has 0 aliphatic carbocycles. The number of alkyl halides is 3. The van der Waals surface area contributed by atoms with E-state index in [0.717, 1.165) is 22.5 Å². The zero-order chi connectivity index (χ0) is 21.7. The highest BCUT2D eigenvalue weighted by Crippen LogP contribution is 2.31. The van der Waals surface area contributed by atoms with Gasteiger partial charge in [0.05, 0.1) is 26.1 Å². The van der Waals surface area contributed by atoms with Crippen LogP contribution >= 0.6 is 0 Å². The average molecular weight is 417 g/mol. The minimum atomic E-state index is -4.52. The molecule has 3 rings (SSSR count).